The number of nitrogens with zero attached hydrogens (tertiary/aromatic N) is 1. The third-order valence-electron chi connectivity index (χ3n) is 5.60. The average Bonchev–Trinajstić information content (AvgIpc) is 2.87. The van der Waals surface area contributed by atoms with Gasteiger partial charge in [0.05, 0.1) is 0 Å². The normalized spacial score (nSPS) is 15.2. The topological polar surface area (TPSA) is 12.2 Å². The van der Waals surface area contributed by atoms with Gasteiger partial charge in [0, 0.05) is 17.7 Å². The van der Waals surface area contributed by atoms with Crippen molar-refractivity contribution < 1.29 is 27.0 Å². The monoisotopic (exact) mass is 519 g/mol. The Bertz CT molecular complexity index is 1320. The van der Waals surface area contributed by atoms with Crippen LogP contribution in [-0.2, 0) is 4.74 Å². The first kappa shape index (κ1) is 30.1. The summed E-state index contributed by atoms with van der Waals surface area (Å²) in [7, 11) is 0.430. The van der Waals surface area contributed by atoms with Crippen LogP contribution in [0.25, 0.3) is 11.3 Å². The Labute approximate surface area is 222 Å². The van der Waals surface area contributed by atoms with E-state index in [0.29, 0.717) is 0 Å². The van der Waals surface area contributed by atoms with Crippen LogP contribution in [0.4, 0.5) is 12.9 Å². The molecule has 0 N–H and O–H groups in total. The molecule has 0 atom stereocenters. The molecule has 0 saturated carbocycles. The Kier molecular flexibility index (Phi) is 11.5. The fraction of sp³-hybridized carbons (Fsp3) is 0.129. The van der Waals surface area contributed by atoms with Gasteiger partial charge in [0.2, 0.25) is 0 Å². The Hall–Kier alpha value is -4.13. The van der Waals surface area contributed by atoms with Crippen LogP contribution in [0, 0.1) is 13.8 Å². The molecule has 1 aliphatic heterocycles. The van der Waals surface area contributed by atoms with Gasteiger partial charge < -0.3 is 9.44 Å². The van der Waals surface area contributed by atoms with E-state index < -0.39 is 7.54 Å². The minimum atomic E-state index is -3.67. The van der Waals surface area contributed by atoms with Gasteiger partial charge >= 0.3 is 7.54 Å². The SMILES string of the molecule is Cc1ccc(C2=CC(=CC=CC=C3C=CC(=[N+](C)C)C=C3)OC(c3ccc(C)cc3)=C2)cc1.FB(F)F.[F-]. The summed E-state index contributed by atoms with van der Waals surface area (Å²) in [5.41, 5.74) is 8.23. The molecule has 1 heterocycles. The van der Waals surface area contributed by atoms with Gasteiger partial charge in [-0.25, -0.2) is 4.58 Å². The Morgan fingerprint density at radius 3 is 1.74 bits per heavy atom. The van der Waals surface area contributed by atoms with E-state index in [1.54, 1.807) is 0 Å². The maximum atomic E-state index is 9.67. The average molecular weight is 519 g/mol. The van der Waals surface area contributed by atoms with Crippen molar-refractivity contribution >= 4 is 24.6 Å². The van der Waals surface area contributed by atoms with E-state index in [9.17, 15) is 12.9 Å². The summed E-state index contributed by atoms with van der Waals surface area (Å²) in [5.74, 6) is 1.67. The molecule has 0 bridgehead atoms. The summed E-state index contributed by atoms with van der Waals surface area (Å²) >= 11 is 0. The predicted octanol–water partition coefficient (Wildman–Crippen LogP) is 4.85. The van der Waals surface area contributed by atoms with Crippen molar-refractivity contribution in [2.24, 2.45) is 0 Å². The molecule has 196 valence electrons. The molecule has 4 rings (SSSR count). The second-order valence-electron chi connectivity index (χ2n) is 8.80. The minimum absolute atomic E-state index is 0. The van der Waals surface area contributed by atoms with Gasteiger partial charge in [-0.1, -0.05) is 77.9 Å². The van der Waals surface area contributed by atoms with Crippen LogP contribution >= 0.6 is 0 Å². The quantitative estimate of drug-likeness (QED) is 0.320. The first-order chi connectivity index (χ1) is 17.7. The zero-order valence-electron chi connectivity index (χ0n) is 21.8. The van der Waals surface area contributed by atoms with Crippen LogP contribution in [0.3, 0.4) is 0 Å². The van der Waals surface area contributed by atoms with Crippen LogP contribution in [0.5, 0.6) is 0 Å². The molecule has 38 heavy (non-hydrogen) atoms. The lowest BCUT2D eigenvalue weighted by molar-refractivity contribution is -0.462. The van der Waals surface area contributed by atoms with Crippen LogP contribution in [-0.4, -0.2) is 31.9 Å². The van der Waals surface area contributed by atoms with Crippen molar-refractivity contribution in [1.29, 1.82) is 0 Å². The first-order valence-electron chi connectivity index (χ1n) is 11.9. The lowest BCUT2D eigenvalue weighted by Gasteiger charge is -2.18. The second-order valence-corrected chi connectivity index (χ2v) is 8.80. The Morgan fingerprint density at radius 1 is 0.711 bits per heavy atom. The van der Waals surface area contributed by atoms with Crippen molar-refractivity contribution in [3.63, 3.8) is 0 Å². The number of allylic oxidation sites excluding steroid dienone is 12. The van der Waals surface area contributed by atoms with E-state index in [1.165, 1.54) is 22.4 Å². The molecule has 0 fully saturated rings. The molecule has 1 aliphatic carbocycles. The molecule has 0 spiro atoms. The predicted molar refractivity (Wildman–Crippen MR) is 149 cm³/mol. The van der Waals surface area contributed by atoms with E-state index in [1.807, 2.05) is 32.3 Å². The highest BCUT2D eigenvalue weighted by molar-refractivity contribution is 6.33. The van der Waals surface area contributed by atoms with Gasteiger partial charge in [-0.15, -0.1) is 0 Å². The fourth-order valence-electron chi connectivity index (χ4n) is 3.58. The number of hydrogen-bond acceptors (Lipinski definition) is 1. The van der Waals surface area contributed by atoms with Crippen LogP contribution in [0.2, 0.25) is 0 Å². The molecule has 2 aromatic carbocycles. The zero-order valence-corrected chi connectivity index (χ0v) is 21.8. The lowest BCUT2D eigenvalue weighted by Crippen LogP contribution is -3.00. The standard InChI is InChI=1S/C31H30NO.BF3.FH/c1-23-9-15-26(16-10-23)28-21-30(33-31(22-28)27-17-11-24(2)12-18-27)8-6-5-7-25-13-19-29(20-14-25)32(3)4;2-1(3)4;/h5-22H,1-4H3;;1H/q+1;;/p-1. The first-order valence-corrected chi connectivity index (χ1v) is 11.9. The number of ether oxygens (including phenoxy) is 1. The van der Waals surface area contributed by atoms with Crippen LogP contribution in [0.1, 0.15) is 22.3 Å². The molecule has 0 saturated heterocycles. The number of benzene rings is 2. The Balaban J connectivity index is 0.000000947. The summed E-state index contributed by atoms with van der Waals surface area (Å²) in [6.07, 6.45) is 20.9. The number of rotatable bonds is 4. The largest absolute Gasteiger partial charge is 1.00 e. The molecule has 0 aromatic heterocycles. The van der Waals surface area contributed by atoms with Gasteiger partial charge in [-0.2, -0.15) is 0 Å². The number of aryl methyl sites for hydroxylation is 2. The maximum absolute atomic E-state index is 9.67. The van der Waals surface area contributed by atoms with Gasteiger partial charge in [0.25, 0.3) is 0 Å². The van der Waals surface area contributed by atoms with Crippen molar-refractivity contribution in [2.45, 2.75) is 13.8 Å². The lowest BCUT2D eigenvalue weighted by atomic mass is 9.99. The summed E-state index contributed by atoms with van der Waals surface area (Å²) in [4.78, 5) is 0. The van der Waals surface area contributed by atoms with Gasteiger partial charge in [0.15, 0.2) is 5.71 Å². The van der Waals surface area contributed by atoms with E-state index in [2.05, 4.69) is 109 Å². The summed E-state index contributed by atoms with van der Waals surface area (Å²) in [5, 5.41) is 0. The fourth-order valence-corrected chi connectivity index (χ4v) is 3.58. The molecular formula is C31H30BF4NO. The molecule has 2 aromatic rings. The van der Waals surface area contributed by atoms with Crippen molar-refractivity contribution in [1.82, 2.24) is 0 Å². The smallest absolute Gasteiger partial charge is 0.762 e. The van der Waals surface area contributed by atoms with Gasteiger partial charge in [-0.05, 0) is 60.9 Å². The number of hydrogen-bond donors (Lipinski definition) is 0. The highest BCUT2D eigenvalue weighted by Gasteiger charge is 2.14. The van der Waals surface area contributed by atoms with Crippen molar-refractivity contribution in [3.05, 3.63) is 143 Å². The molecule has 2 nitrogen and oxygen atoms in total. The Morgan fingerprint density at radius 2 is 1.21 bits per heavy atom. The molecule has 0 amide bonds. The molecule has 0 radical (unpaired) electrons. The summed E-state index contributed by atoms with van der Waals surface area (Å²) in [6.45, 7) is 4.20. The molecule has 0 unspecified atom stereocenters. The zero-order chi connectivity index (χ0) is 26.8. The van der Waals surface area contributed by atoms with E-state index >= 15 is 0 Å². The van der Waals surface area contributed by atoms with Gasteiger partial charge in [-0.3, -0.25) is 12.9 Å². The van der Waals surface area contributed by atoms with E-state index in [0.717, 1.165) is 28.2 Å². The molecular weight excluding hydrogens is 489 g/mol. The van der Waals surface area contributed by atoms with Crippen LogP contribution in [0.15, 0.2) is 121 Å². The summed E-state index contributed by atoms with van der Waals surface area (Å²) < 4.78 is 37.4. The third kappa shape index (κ3) is 9.39. The van der Waals surface area contributed by atoms with Gasteiger partial charge in [0.1, 0.15) is 25.6 Å². The summed E-state index contributed by atoms with van der Waals surface area (Å²) in [6, 6.07) is 17.1. The van der Waals surface area contributed by atoms with Crippen LogP contribution < -0.4 is 4.70 Å². The maximum Gasteiger partial charge on any atom is 0.762 e. The van der Waals surface area contributed by atoms with E-state index in [-0.39, 0.29) is 4.70 Å². The van der Waals surface area contributed by atoms with E-state index in [4.69, 9.17) is 4.74 Å². The second kappa shape index (κ2) is 14.6. The highest BCUT2D eigenvalue weighted by Crippen LogP contribution is 2.32. The third-order valence-corrected chi connectivity index (χ3v) is 5.60. The minimum Gasteiger partial charge on any atom is -1.00 e. The number of halogens is 4. The van der Waals surface area contributed by atoms with Crippen molar-refractivity contribution in [2.75, 3.05) is 14.1 Å². The van der Waals surface area contributed by atoms with Crippen molar-refractivity contribution in [3.8, 4) is 0 Å². The highest BCUT2D eigenvalue weighted by atomic mass is 19.4. The molecule has 2 aliphatic rings. The molecule has 7 heteroatoms.